The summed E-state index contributed by atoms with van der Waals surface area (Å²) in [4.78, 5) is 7.82. The molecule has 0 saturated heterocycles. The van der Waals surface area contributed by atoms with Gasteiger partial charge in [0.2, 0.25) is 0 Å². The average molecular weight is 608 g/mol. The van der Waals surface area contributed by atoms with Gasteiger partial charge < -0.3 is 14.0 Å². The SMILES string of the molecule is CCCCn1c(-c2ccccc2)nc(-c2ccc(Cl)cc2)c1CN(Cc1cccc(OCC)c1)Cc1cccc(OCC)c1. The van der Waals surface area contributed by atoms with Gasteiger partial charge in [0, 0.05) is 42.3 Å². The normalized spacial score (nSPS) is 11.2. The molecule has 1 aromatic heterocycles. The van der Waals surface area contributed by atoms with Crippen LogP contribution in [0, 0.1) is 0 Å². The molecule has 0 spiro atoms. The first-order valence-corrected chi connectivity index (χ1v) is 16.0. The molecule has 0 N–H and O–H groups in total. The van der Waals surface area contributed by atoms with E-state index in [2.05, 4.69) is 95.3 Å². The van der Waals surface area contributed by atoms with Gasteiger partial charge in [0.25, 0.3) is 0 Å². The first kappa shape index (κ1) is 31.4. The zero-order chi connectivity index (χ0) is 30.7. The number of imidazole rings is 1. The highest BCUT2D eigenvalue weighted by Gasteiger charge is 2.22. The van der Waals surface area contributed by atoms with E-state index in [1.54, 1.807) is 0 Å². The Morgan fingerprint density at radius 3 is 1.86 bits per heavy atom. The van der Waals surface area contributed by atoms with Gasteiger partial charge in [-0.15, -0.1) is 0 Å². The van der Waals surface area contributed by atoms with Crippen LogP contribution >= 0.6 is 11.6 Å². The summed E-state index contributed by atoms with van der Waals surface area (Å²) in [5.74, 6) is 2.78. The number of hydrogen-bond acceptors (Lipinski definition) is 4. The van der Waals surface area contributed by atoms with Crippen molar-refractivity contribution in [2.24, 2.45) is 0 Å². The van der Waals surface area contributed by atoms with Gasteiger partial charge in [-0.05, 0) is 67.8 Å². The van der Waals surface area contributed by atoms with Crippen molar-refractivity contribution >= 4 is 11.6 Å². The fourth-order valence-corrected chi connectivity index (χ4v) is 5.67. The van der Waals surface area contributed by atoms with Crippen molar-refractivity contribution in [2.45, 2.75) is 59.8 Å². The van der Waals surface area contributed by atoms with Gasteiger partial charge in [-0.1, -0.05) is 91.7 Å². The molecule has 0 saturated carbocycles. The molecule has 0 fully saturated rings. The van der Waals surface area contributed by atoms with Crippen molar-refractivity contribution in [2.75, 3.05) is 13.2 Å². The molecular weight excluding hydrogens is 566 g/mol. The number of hydrogen-bond donors (Lipinski definition) is 0. The molecule has 0 aliphatic carbocycles. The molecule has 228 valence electrons. The molecule has 5 aromatic rings. The van der Waals surface area contributed by atoms with Crippen LogP contribution in [0.25, 0.3) is 22.6 Å². The zero-order valence-electron chi connectivity index (χ0n) is 26.0. The largest absolute Gasteiger partial charge is 0.494 e. The van der Waals surface area contributed by atoms with Gasteiger partial charge in [0.05, 0.1) is 24.6 Å². The van der Waals surface area contributed by atoms with Crippen LogP contribution in [-0.2, 0) is 26.2 Å². The maximum Gasteiger partial charge on any atom is 0.140 e. The summed E-state index contributed by atoms with van der Waals surface area (Å²) >= 11 is 6.32. The van der Waals surface area contributed by atoms with Crippen molar-refractivity contribution in [3.63, 3.8) is 0 Å². The van der Waals surface area contributed by atoms with E-state index in [0.717, 1.165) is 66.6 Å². The van der Waals surface area contributed by atoms with E-state index in [1.807, 2.05) is 38.1 Å². The van der Waals surface area contributed by atoms with Crippen LogP contribution in [0.15, 0.2) is 103 Å². The molecule has 0 aliphatic heterocycles. The lowest BCUT2D eigenvalue weighted by Crippen LogP contribution is -2.24. The summed E-state index contributed by atoms with van der Waals surface area (Å²) in [7, 11) is 0. The standard InChI is InChI=1S/C38H42ClN3O2/c1-4-7-23-42-36(37(31-19-21-33(39)22-20-31)40-38(42)32-15-9-8-10-16-32)28-41(26-29-13-11-17-34(24-29)43-5-2)27-30-14-12-18-35(25-30)44-6-3/h8-22,24-25H,4-7,23,26-28H2,1-3H3. The minimum absolute atomic E-state index is 0.640. The lowest BCUT2D eigenvalue weighted by Gasteiger charge is -2.25. The number of nitrogens with zero attached hydrogens (tertiary/aromatic N) is 3. The first-order chi connectivity index (χ1) is 21.6. The summed E-state index contributed by atoms with van der Waals surface area (Å²) < 4.78 is 14.1. The molecule has 0 atom stereocenters. The molecule has 0 bridgehead atoms. The lowest BCUT2D eigenvalue weighted by molar-refractivity contribution is 0.240. The second-order valence-corrected chi connectivity index (χ2v) is 11.4. The molecule has 5 rings (SSSR count). The van der Waals surface area contributed by atoms with Crippen LogP contribution < -0.4 is 9.47 Å². The summed E-state index contributed by atoms with van der Waals surface area (Å²) in [6, 6.07) is 35.4. The topological polar surface area (TPSA) is 39.5 Å². The molecular formula is C38H42ClN3O2. The van der Waals surface area contributed by atoms with Crippen LogP contribution in [0.3, 0.4) is 0 Å². The maximum atomic E-state index is 6.32. The van der Waals surface area contributed by atoms with E-state index >= 15 is 0 Å². The van der Waals surface area contributed by atoms with E-state index in [4.69, 9.17) is 26.1 Å². The van der Waals surface area contributed by atoms with Crippen LogP contribution in [0.4, 0.5) is 0 Å². The second-order valence-electron chi connectivity index (χ2n) is 10.9. The Morgan fingerprint density at radius 2 is 1.30 bits per heavy atom. The van der Waals surface area contributed by atoms with Crippen molar-refractivity contribution in [3.8, 4) is 34.1 Å². The van der Waals surface area contributed by atoms with Gasteiger partial charge in [-0.3, -0.25) is 4.90 Å². The molecule has 44 heavy (non-hydrogen) atoms. The highest BCUT2D eigenvalue weighted by Crippen LogP contribution is 2.33. The van der Waals surface area contributed by atoms with Crippen molar-refractivity contribution in [1.82, 2.24) is 14.5 Å². The molecule has 4 aromatic carbocycles. The zero-order valence-corrected chi connectivity index (χ0v) is 26.8. The highest BCUT2D eigenvalue weighted by atomic mass is 35.5. The maximum absolute atomic E-state index is 6.32. The third-order valence-electron chi connectivity index (χ3n) is 7.56. The van der Waals surface area contributed by atoms with E-state index in [0.29, 0.717) is 24.8 Å². The molecule has 6 heteroatoms. The third kappa shape index (κ3) is 8.10. The Kier molecular flexibility index (Phi) is 11.1. The van der Waals surface area contributed by atoms with Crippen molar-refractivity contribution in [1.29, 1.82) is 0 Å². The van der Waals surface area contributed by atoms with Crippen molar-refractivity contribution in [3.05, 3.63) is 125 Å². The predicted molar refractivity (Wildman–Crippen MR) is 181 cm³/mol. The van der Waals surface area contributed by atoms with Gasteiger partial charge in [-0.2, -0.15) is 0 Å². The minimum Gasteiger partial charge on any atom is -0.494 e. The number of halogens is 1. The minimum atomic E-state index is 0.640. The molecule has 0 amide bonds. The van der Waals surface area contributed by atoms with Crippen molar-refractivity contribution < 1.29 is 9.47 Å². The smallest absolute Gasteiger partial charge is 0.140 e. The third-order valence-corrected chi connectivity index (χ3v) is 7.81. The average Bonchev–Trinajstić information content (AvgIpc) is 3.39. The second kappa shape index (κ2) is 15.6. The Balaban J connectivity index is 1.61. The van der Waals surface area contributed by atoms with Gasteiger partial charge in [-0.25, -0.2) is 4.98 Å². The number of unbranched alkanes of at least 4 members (excludes halogenated alkanes) is 1. The van der Waals surface area contributed by atoms with Crippen LogP contribution in [0.1, 0.15) is 50.4 Å². The fraction of sp³-hybridized carbons (Fsp3) is 0.289. The van der Waals surface area contributed by atoms with E-state index in [1.165, 1.54) is 16.8 Å². The molecule has 0 aliphatic rings. The number of benzene rings is 4. The molecule has 5 nitrogen and oxygen atoms in total. The highest BCUT2D eigenvalue weighted by molar-refractivity contribution is 6.30. The number of ether oxygens (including phenoxy) is 2. The Morgan fingerprint density at radius 1 is 0.682 bits per heavy atom. The first-order valence-electron chi connectivity index (χ1n) is 15.6. The van der Waals surface area contributed by atoms with Crippen LogP contribution in [0.5, 0.6) is 11.5 Å². The summed E-state index contributed by atoms with van der Waals surface area (Å²) in [5.41, 5.74) is 6.77. The Bertz CT molecular complexity index is 1560. The fourth-order valence-electron chi connectivity index (χ4n) is 5.55. The number of rotatable bonds is 15. The Hall–Kier alpha value is -4.06. The number of aromatic nitrogens is 2. The lowest BCUT2D eigenvalue weighted by atomic mass is 10.1. The van der Waals surface area contributed by atoms with Crippen LogP contribution in [-0.4, -0.2) is 27.7 Å². The summed E-state index contributed by atoms with van der Waals surface area (Å²) in [6.07, 6.45) is 2.16. The van der Waals surface area contributed by atoms with E-state index in [9.17, 15) is 0 Å². The summed E-state index contributed by atoms with van der Waals surface area (Å²) in [6.45, 7) is 10.7. The van der Waals surface area contributed by atoms with E-state index < -0.39 is 0 Å². The van der Waals surface area contributed by atoms with E-state index in [-0.39, 0.29) is 0 Å². The molecule has 0 unspecified atom stereocenters. The quantitative estimate of drug-likeness (QED) is 0.119. The van der Waals surface area contributed by atoms with Gasteiger partial charge in [0.15, 0.2) is 0 Å². The monoisotopic (exact) mass is 607 g/mol. The summed E-state index contributed by atoms with van der Waals surface area (Å²) in [5, 5.41) is 0.717. The molecule has 0 radical (unpaired) electrons. The van der Waals surface area contributed by atoms with Gasteiger partial charge in [0.1, 0.15) is 17.3 Å². The predicted octanol–water partition coefficient (Wildman–Crippen LogP) is 9.67. The van der Waals surface area contributed by atoms with Gasteiger partial charge >= 0.3 is 0 Å². The molecule has 1 heterocycles. The van der Waals surface area contributed by atoms with Crippen LogP contribution in [0.2, 0.25) is 5.02 Å². The Labute approximate surface area is 267 Å².